The predicted molar refractivity (Wildman–Crippen MR) is 142 cm³/mol. The highest BCUT2D eigenvalue weighted by molar-refractivity contribution is 6.15. The number of ether oxygens (including phenoxy) is 1. The Morgan fingerprint density at radius 3 is 2.22 bits per heavy atom. The minimum atomic E-state index is -0.571. The van der Waals surface area contributed by atoms with Gasteiger partial charge in [-0.25, -0.2) is 14.8 Å². The summed E-state index contributed by atoms with van der Waals surface area (Å²) in [7, 11) is 0. The molecule has 0 spiro atoms. The molecule has 182 valence electrons. The van der Waals surface area contributed by atoms with Crippen LogP contribution in [-0.2, 0) is 9.53 Å². The summed E-state index contributed by atoms with van der Waals surface area (Å²) in [4.78, 5) is 34.3. The van der Waals surface area contributed by atoms with Gasteiger partial charge in [-0.2, -0.15) is 0 Å². The molecular weight excluding hydrogens is 468 g/mol. The molecule has 1 unspecified atom stereocenters. The molecule has 1 N–H and O–H groups in total. The number of carbonyl (C=O) groups is 1. The van der Waals surface area contributed by atoms with Crippen LogP contribution in [0.1, 0.15) is 30.9 Å². The van der Waals surface area contributed by atoms with Gasteiger partial charge in [-0.05, 0) is 31.5 Å². The lowest BCUT2D eigenvalue weighted by molar-refractivity contribution is -0.384. The van der Waals surface area contributed by atoms with Crippen molar-refractivity contribution in [1.29, 1.82) is 0 Å². The average Bonchev–Trinajstić information content (AvgIpc) is 2.91. The van der Waals surface area contributed by atoms with Crippen molar-refractivity contribution in [3.8, 4) is 0 Å². The number of para-hydroxylation sites is 2. The Bertz CT molecular complexity index is 1780. The lowest BCUT2D eigenvalue weighted by Gasteiger charge is -2.32. The van der Waals surface area contributed by atoms with Gasteiger partial charge in [0.15, 0.2) is 0 Å². The van der Waals surface area contributed by atoms with Gasteiger partial charge >= 0.3 is 5.97 Å². The molecule has 1 aliphatic heterocycles. The number of nitrogens with zero attached hydrogens (tertiary/aromatic N) is 3. The number of non-ortho nitro benzene ring substituents is 1. The Balaban J connectivity index is 1.75. The van der Waals surface area contributed by atoms with E-state index in [1.165, 1.54) is 12.1 Å². The first-order valence-electron chi connectivity index (χ1n) is 12.0. The van der Waals surface area contributed by atoms with E-state index in [9.17, 15) is 14.9 Å². The van der Waals surface area contributed by atoms with Gasteiger partial charge in [-0.3, -0.25) is 10.1 Å². The standard InChI is InChI=1S/C29H22N4O4/c1-3-37-29(34)23-16(2)30-26-19-8-4-5-9-20(19)27-28(32-22-11-7-6-10-21(22)31-27)25(26)24(23)17-12-14-18(15-13-17)33(35)36/h4-15,24,30H,3H2,1-2H3. The molecule has 8 heteroatoms. The summed E-state index contributed by atoms with van der Waals surface area (Å²) in [5.74, 6) is -1.02. The first kappa shape index (κ1) is 22.6. The molecule has 2 heterocycles. The zero-order valence-electron chi connectivity index (χ0n) is 20.2. The highest BCUT2D eigenvalue weighted by atomic mass is 16.6. The van der Waals surface area contributed by atoms with Gasteiger partial charge in [0.25, 0.3) is 5.69 Å². The molecule has 5 aromatic rings. The molecule has 1 atom stereocenters. The average molecular weight is 491 g/mol. The van der Waals surface area contributed by atoms with E-state index in [-0.39, 0.29) is 12.3 Å². The van der Waals surface area contributed by atoms with Gasteiger partial charge in [0.1, 0.15) is 0 Å². The molecule has 0 fully saturated rings. The topological polar surface area (TPSA) is 107 Å². The second-order valence-corrected chi connectivity index (χ2v) is 8.91. The summed E-state index contributed by atoms with van der Waals surface area (Å²) in [6, 6.07) is 21.9. The van der Waals surface area contributed by atoms with Gasteiger partial charge in [0.05, 0.1) is 44.9 Å². The highest BCUT2D eigenvalue weighted by Crippen LogP contribution is 2.48. The highest BCUT2D eigenvalue weighted by Gasteiger charge is 2.36. The predicted octanol–water partition coefficient (Wildman–Crippen LogP) is 6.24. The van der Waals surface area contributed by atoms with E-state index in [1.54, 1.807) is 19.1 Å². The Morgan fingerprint density at radius 1 is 0.946 bits per heavy atom. The minimum Gasteiger partial charge on any atom is -0.463 e. The molecule has 0 radical (unpaired) electrons. The molecule has 0 saturated heterocycles. The molecule has 0 amide bonds. The van der Waals surface area contributed by atoms with Gasteiger partial charge in [-0.15, -0.1) is 0 Å². The fraction of sp³-hybridized carbons (Fsp3) is 0.138. The Hall–Kier alpha value is -4.85. The van der Waals surface area contributed by atoms with Crippen LogP contribution in [0.2, 0.25) is 0 Å². The summed E-state index contributed by atoms with van der Waals surface area (Å²) in [6.07, 6.45) is 0. The Labute approximate surface area is 211 Å². The molecule has 1 aliphatic rings. The largest absolute Gasteiger partial charge is 0.463 e. The number of esters is 1. The number of nitrogens with one attached hydrogen (secondary N) is 1. The number of benzene rings is 4. The number of nitro groups is 1. The molecule has 8 nitrogen and oxygen atoms in total. The Kier molecular flexibility index (Phi) is 5.30. The van der Waals surface area contributed by atoms with Crippen LogP contribution < -0.4 is 5.32 Å². The van der Waals surface area contributed by atoms with Crippen molar-refractivity contribution in [2.24, 2.45) is 0 Å². The molecular formula is C29H22N4O4. The van der Waals surface area contributed by atoms with Gasteiger partial charge < -0.3 is 10.1 Å². The van der Waals surface area contributed by atoms with E-state index in [0.717, 1.165) is 44.1 Å². The summed E-state index contributed by atoms with van der Waals surface area (Å²) < 4.78 is 5.47. The van der Waals surface area contributed by atoms with Crippen molar-refractivity contribution in [3.63, 3.8) is 0 Å². The van der Waals surface area contributed by atoms with Crippen molar-refractivity contribution in [2.45, 2.75) is 19.8 Å². The van der Waals surface area contributed by atoms with E-state index in [4.69, 9.17) is 14.7 Å². The molecule has 6 rings (SSSR count). The number of hydrogen-bond donors (Lipinski definition) is 1. The summed E-state index contributed by atoms with van der Waals surface area (Å²) in [5.41, 5.74) is 6.32. The second-order valence-electron chi connectivity index (χ2n) is 8.91. The SMILES string of the molecule is CCOC(=O)C1=C(C)Nc2c(c3nc4ccccc4nc3c3ccccc23)C1c1ccc([N+](=O)[O-])cc1. The van der Waals surface area contributed by atoms with Crippen LogP contribution in [0.15, 0.2) is 84.1 Å². The number of nitro benzene ring substituents is 1. The number of carbonyl (C=O) groups excluding carboxylic acids is 1. The summed E-state index contributed by atoms with van der Waals surface area (Å²) >= 11 is 0. The van der Waals surface area contributed by atoms with E-state index in [2.05, 4.69) is 5.32 Å². The fourth-order valence-corrected chi connectivity index (χ4v) is 5.18. The van der Waals surface area contributed by atoms with Crippen LogP contribution in [0, 0.1) is 10.1 Å². The van der Waals surface area contributed by atoms with Gasteiger partial charge in [0.2, 0.25) is 0 Å². The van der Waals surface area contributed by atoms with Crippen LogP contribution in [0.25, 0.3) is 32.8 Å². The van der Waals surface area contributed by atoms with Crippen LogP contribution in [-0.4, -0.2) is 27.5 Å². The lowest BCUT2D eigenvalue weighted by Crippen LogP contribution is -2.25. The molecule has 4 aromatic carbocycles. The van der Waals surface area contributed by atoms with Crippen molar-refractivity contribution < 1.29 is 14.5 Å². The zero-order valence-corrected chi connectivity index (χ0v) is 20.2. The minimum absolute atomic E-state index is 0.0227. The third-order valence-corrected chi connectivity index (χ3v) is 6.77. The maximum atomic E-state index is 13.3. The quantitative estimate of drug-likeness (QED) is 0.104. The maximum Gasteiger partial charge on any atom is 0.336 e. The van der Waals surface area contributed by atoms with Gasteiger partial charge in [0, 0.05) is 40.1 Å². The maximum absolute atomic E-state index is 13.3. The lowest BCUT2D eigenvalue weighted by atomic mass is 9.78. The van der Waals surface area contributed by atoms with Crippen molar-refractivity contribution in [1.82, 2.24) is 9.97 Å². The van der Waals surface area contributed by atoms with Crippen LogP contribution >= 0.6 is 0 Å². The van der Waals surface area contributed by atoms with E-state index < -0.39 is 16.8 Å². The number of rotatable bonds is 4. The summed E-state index contributed by atoms with van der Waals surface area (Å²) in [5, 5.41) is 16.7. The monoisotopic (exact) mass is 490 g/mol. The summed E-state index contributed by atoms with van der Waals surface area (Å²) in [6.45, 7) is 3.83. The molecule has 0 saturated carbocycles. The van der Waals surface area contributed by atoms with E-state index in [1.807, 2.05) is 55.5 Å². The van der Waals surface area contributed by atoms with E-state index in [0.29, 0.717) is 16.8 Å². The van der Waals surface area contributed by atoms with Crippen molar-refractivity contribution in [3.05, 3.63) is 105 Å². The first-order valence-corrected chi connectivity index (χ1v) is 12.0. The van der Waals surface area contributed by atoms with Crippen molar-refractivity contribution >= 4 is 50.2 Å². The smallest absolute Gasteiger partial charge is 0.336 e. The van der Waals surface area contributed by atoms with E-state index >= 15 is 0 Å². The zero-order chi connectivity index (χ0) is 25.7. The molecule has 0 aliphatic carbocycles. The third kappa shape index (κ3) is 3.57. The fourth-order valence-electron chi connectivity index (χ4n) is 5.18. The van der Waals surface area contributed by atoms with Crippen LogP contribution in [0.3, 0.4) is 0 Å². The molecule has 1 aromatic heterocycles. The number of allylic oxidation sites excluding steroid dienone is 1. The second kappa shape index (κ2) is 8.67. The van der Waals surface area contributed by atoms with Crippen molar-refractivity contribution in [2.75, 3.05) is 11.9 Å². The number of hydrogen-bond acceptors (Lipinski definition) is 7. The normalized spacial score (nSPS) is 15.0. The number of aromatic nitrogens is 2. The molecule has 37 heavy (non-hydrogen) atoms. The third-order valence-electron chi connectivity index (χ3n) is 6.77. The van der Waals surface area contributed by atoms with Crippen LogP contribution in [0.4, 0.5) is 11.4 Å². The van der Waals surface area contributed by atoms with Gasteiger partial charge in [-0.1, -0.05) is 48.5 Å². The number of anilines is 1. The first-order chi connectivity index (χ1) is 18.0. The molecule has 0 bridgehead atoms. The van der Waals surface area contributed by atoms with Crippen LogP contribution in [0.5, 0.6) is 0 Å². The Morgan fingerprint density at radius 2 is 1.57 bits per heavy atom. The number of fused-ring (bicyclic) bond motifs is 7.